The van der Waals surface area contributed by atoms with Gasteiger partial charge in [-0.1, -0.05) is 12.1 Å². The molecule has 1 rings (SSSR count). The summed E-state index contributed by atoms with van der Waals surface area (Å²) in [7, 11) is 0. The third-order valence-electron chi connectivity index (χ3n) is 1.56. The molecule has 0 aliphatic heterocycles. The number of hydrogen-bond acceptors (Lipinski definition) is 2. The van der Waals surface area contributed by atoms with Crippen molar-refractivity contribution in [1.29, 1.82) is 0 Å². The first kappa shape index (κ1) is 8.91. The van der Waals surface area contributed by atoms with Gasteiger partial charge >= 0.3 is 0 Å². The van der Waals surface area contributed by atoms with E-state index in [9.17, 15) is 5.11 Å². The number of phenols is 1. The first-order valence-corrected chi connectivity index (χ1v) is 4.06. The molecule has 0 spiro atoms. The quantitative estimate of drug-likeness (QED) is 0.731. The van der Waals surface area contributed by atoms with Gasteiger partial charge in [-0.15, -0.1) is 0 Å². The van der Waals surface area contributed by atoms with Gasteiger partial charge in [0.15, 0.2) is 11.5 Å². The van der Waals surface area contributed by atoms with Crippen LogP contribution in [0.2, 0.25) is 0 Å². The molecule has 1 aromatic rings. The van der Waals surface area contributed by atoms with Crippen LogP contribution in [0.5, 0.6) is 11.5 Å². The third kappa shape index (κ3) is 1.91. The fourth-order valence-corrected chi connectivity index (χ4v) is 0.981. The topological polar surface area (TPSA) is 29.5 Å². The van der Waals surface area contributed by atoms with Crippen molar-refractivity contribution in [2.45, 2.75) is 26.9 Å². The van der Waals surface area contributed by atoms with E-state index >= 15 is 0 Å². The van der Waals surface area contributed by atoms with E-state index in [-0.39, 0.29) is 11.9 Å². The number of para-hydroxylation sites is 1. The standard InChI is InChI=1S/C10H14O2/c1-7(2)12-9-6-4-5-8(3)10(9)11/h4-7,11H,1-3H3. The molecular formula is C10H14O2. The molecule has 1 aromatic carbocycles. The van der Waals surface area contributed by atoms with Gasteiger partial charge in [-0.05, 0) is 32.4 Å². The molecule has 0 saturated carbocycles. The largest absolute Gasteiger partial charge is 0.504 e. The Hall–Kier alpha value is -1.18. The van der Waals surface area contributed by atoms with Crippen molar-refractivity contribution in [3.05, 3.63) is 23.8 Å². The molecule has 2 nitrogen and oxygen atoms in total. The van der Waals surface area contributed by atoms with Gasteiger partial charge in [-0.2, -0.15) is 0 Å². The molecule has 0 bridgehead atoms. The second kappa shape index (κ2) is 3.48. The van der Waals surface area contributed by atoms with Crippen LogP contribution in [0.4, 0.5) is 0 Å². The Kier molecular flexibility index (Phi) is 2.58. The zero-order valence-electron chi connectivity index (χ0n) is 7.66. The Labute approximate surface area is 72.8 Å². The molecule has 0 aliphatic carbocycles. The van der Waals surface area contributed by atoms with Crippen molar-refractivity contribution in [3.8, 4) is 11.5 Å². The fourth-order valence-electron chi connectivity index (χ4n) is 0.981. The van der Waals surface area contributed by atoms with Crippen LogP contribution in [-0.2, 0) is 0 Å². The molecule has 0 atom stereocenters. The van der Waals surface area contributed by atoms with Crippen LogP contribution in [0.25, 0.3) is 0 Å². The van der Waals surface area contributed by atoms with E-state index in [4.69, 9.17) is 4.74 Å². The Morgan fingerprint density at radius 1 is 1.33 bits per heavy atom. The lowest BCUT2D eigenvalue weighted by Crippen LogP contribution is -2.05. The van der Waals surface area contributed by atoms with Gasteiger partial charge < -0.3 is 9.84 Å². The minimum absolute atomic E-state index is 0.0951. The summed E-state index contributed by atoms with van der Waals surface area (Å²) in [5, 5.41) is 9.52. The smallest absolute Gasteiger partial charge is 0.161 e. The number of aryl methyl sites for hydroxylation is 1. The molecule has 0 aliphatic rings. The maximum absolute atomic E-state index is 9.52. The number of ether oxygens (including phenoxy) is 1. The summed E-state index contributed by atoms with van der Waals surface area (Å²) in [6.45, 7) is 5.71. The SMILES string of the molecule is Cc1cccc(OC(C)C)c1O. The van der Waals surface area contributed by atoms with Crippen LogP contribution in [-0.4, -0.2) is 11.2 Å². The van der Waals surface area contributed by atoms with Crippen molar-refractivity contribution in [2.75, 3.05) is 0 Å². The predicted octanol–water partition coefficient (Wildman–Crippen LogP) is 2.49. The van der Waals surface area contributed by atoms with Crippen LogP contribution < -0.4 is 4.74 Å². The lowest BCUT2D eigenvalue weighted by Gasteiger charge is -2.11. The molecular weight excluding hydrogens is 152 g/mol. The number of phenolic OH excluding ortho intramolecular Hbond substituents is 1. The van der Waals surface area contributed by atoms with E-state index in [1.165, 1.54) is 0 Å². The van der Waals surface area contributed by atoms with Gasteiger partial charge in [0.2, 0.25) is 0 Å². The van der Waals surface area contributed by atoms with E-state index in [0.29, 0.717) is 5.75 Å². The molecule has 0 aromatic heterocycles. The van der Waals surface area contributed by atoms with Crippen LogP contribution in [0.3, 0.4) is 0 Å². The summed E-state index contributed by atoms with van der Waals surface area (Å²) in [6, 6.07) is 5.48. The monoisotopic (exact) mass is 166 g/mol. The van der Waals surface area contributed by atoms with E-state index < -0.39 is 0 Å². The summed E-state index contributed by atoms with van der Waals surface area (Å²) in [4.78, 5) is 0. The first-order chi connectivity index (χ1) is 5.61. The fraction of sp³-hybridized carbons (Fsp3) is 0.400. The zero-order chi connectivity index (χ0) is 9.14. The highest BCUT2D eigenvalue weighted by Crippen LogP contribution is 2.29. The summed E-state index contributed by atoms with van der Waals surface area (Å²) in [6.07, 6.45) is 0.0951. The highest BCUT2D eigenvalue weighted by atomic mass is 16.5. The molecule has 0 fully saturated rings. The van der Waals surface area contributed by atoms with Gasteiger partial charge in [0, 0.05) is 0 Å². The maximum Gasteiger partial charge on any atom is 0.161 e. The number of hydrogen-bond donors (Lipinski definition) is 1. The van der Waals surface area contributed by atoms with Crippen molar-refractivity contribution in [2.24, 2.45) is 0 Å². The second-order valence-corrected chi connectivity index (χ2v) is 3.09. The van der Waals surface area contributed by atoms with Gasteiger partial charge in [0.1, 0.15) is 0 Å². The van der Waals surface area contributed by atoms with Crippen molar-refractivity contribution in [3.63, 3.8) is 0 Å². The van der Waals surface area contributed by atoms with Crippen LogP contribution >= 0.6 is 0 Å². The molecule has 2 heteroatoms. The molecule has 66 valence electrons. The summed E-state index contributed by atoms with van der Waals surface area (Å²) >= 11 is 0. The second-order valence-electron chi connectivity index (χ2n) is 3.09. The highest BCUT2D eigenvalue weighted by Gasteiger charge is 2.05. The van der Waals surface area contributed by atoms with Crippen molar-refractivity contribution < 1.29 is 9.84 Å². The van der Waals surface area contributed by atoms with Crippen LogP contribution in [0.15, 0.2) is 18.2 Å². The number of benzene rings is 1. The van der Waals surface area contributed by atoms with E-state index in [2.05, 4.69) is 0 Å². The molecule has 0 radical (unpaired) electrons. The van der Waals surface area contributed by atoms with Crippen molar-refractivity contribution >= 4 is 0 Å². The Morgan fingerprint density at radius 3 is 2.58 bits per heavy atom. The highest BCUT2D eigenvalue weighted by molar-refractivity contribution is 5.44. The Balaban J connectivity index is 2.92. The Bertz CT molecular complexity index is 267. The third-order valence-corrected chi connectivity index (χ3v) is 1.56. The number of aromatic hydroxyl groups is 1. The maximum atomic E-state index is 9.52. The number of rotatable bonds is 2. The van der Waals surface area contributed by atoms with E-state index in [0.717, 1.165) is 5.56 Å². The molecule has 0 heterocycles. The molecule has 1 N–H and O–H groups in total. The molecule has 0 saturated heterocycles. The zero-order valence-corrected chi connectivity index (χ0v) is 7.66. The Morgan fingerprint density at radius 2 is 2.00 bits per heavy atom. The van der Waals surface area contributed by atoms with Gasteiger partial charge in [-0.3, -0.25) is 0 Å². The predicted molar refractivity (Wildman–Crippen MR) is 48.6 cm³/mol. The summed E-state index contributed by atoms with van der Waals surface area (Å²) in [5.41, 5.74) is 0.841. The molecule has 0 unspecified atom stereocenters. The lowest BCUT2D eigenvalue weighted by atomic mass is 10.2. The van der Waals surface area contributed by atoms with E-state index in [1.54, 1.807) is 6.07 Å². The molecule has 12 heavy (non-hydrogen) atoms. The van der Waals surface area contributed by atoms with Crippen LogP contribution in [0.1, 0.15) is 19.4 Å². The van der Waals surface area contributed by atoms with Gasteiger partial charge in [-0.25, -0.2) is 0 Å². The normalized spacial score (nSPS) is 10.3. The first-order valence-electron chi connectivity index (χ1n) is 4.06. The van der Waals surface area contributed by atoms with Crippen LogP contribution in [0, 0.1) is 6.92 Å². The average Bonchev–Trinajstić information content (AvgIpc) is 1.98. The van der Waals surface area contributed by atoms with Gasteiger partial charge in [0.25, 0.3) is 0 Å². The summed E-state index contributed by atoms with van der Waals surface area (Å²) < 4.78 is 5.38. The lowest BCUT2D eigenvalue weighted by molar-refractivity contribution is 0.231. The average molecular weight is 166 g/mol. The van der Waals surface area contributed by atoms with Crippen molar-refractivity contribution in [1.82, 2.24) is 0 Å². The molecule has 0 amide bonds. The minimum Gasteiger partial charge on any atom is -0.504 e. The minimum atomic E-state index is 0.0951. The van der Waals surface area contributed by atoms with E-state index in [1.807, 2.05) is 32.9 Å². The summed E-state index contributed by atoms with van der Waals surface area (Å²) in [5.74, 6) is 0.802. The van der Waals surface area contributed by atoms with Gasteiger partial charge in [0.05, 0.1) is 6.10 Å².